The van der Waals surface area contributed by atoms with Gasteiger partial charge in [0.1, 0.15) is 19.3 Å². The number of nitrogens with one attached hydrogen (secondary N) is 1. The van der Waals surface area contributed by atoms with Crippen LogP contribution in [0.25, 0.3) is 0 Å². The molecule has 0 bridgehead atoms. The largest absolute Gasteiger partial charge is 0.462 e. The molecule has 1 atom stereocenters. The lowest BCUT2D eigenvalue weighted by Gasteiger charge is -2.18. The predicted octanol–water partition coefficient (Wildman–Crippen LogP) is 10.6. The maximum absolute atomic E-state index is 12.6. The Kier molecular flexibility index (Phi) is 37.8. The van der Waals surface area contributed by atoms with E-state index in [0.29, 0.717) is 39.0 Å². The van der Waals surface area contributed by atoms with E-state index in [1.54, 1.807) is 7.11 Å². The average Bonchev–Trinajstić information content (AvgIpc) is 3.09. The molecule has 0 aromatic carbocycles. The third kappa shape index (κ3) is 37.4. The smallest absolute Gasteiger partial charge is 0.306 e. The quantitative estimate of drug-likeness (QED) is 0.0504. The summed E-state index contributed by atoms with van der Waals surface area (Å²) in [6.45, 7) is 5.56. The normalized spacial score (nSPS) is 11.8. The lowest BCUT2D eigenvalue weighted by atomic mass is 10.0. The van der Waals surface area contributed by atoms with Gasteiger partial charge in [0, 0.05) is 32.9 Å². The lowest BCUT2D eigenvalue weighted by Crippen LogP contribution is -2.33. The average molecular weight is 698 g/mol. The Morgan fingerprint density at radius 1 is 0.531 bits per heavy atom. The highest BCUT2D eigenvalue weighted by atomic mass is 16.6. The number of ether oxygens (including phenoxy) is 4. The van der Waals surface area contributed by atoms with Crippen molar-refractivity contribution in [2.45, 2.75) is 206 Å². The molecule has 0 aliphatic rings. The van der Waals surface area contributed by atoms with Crippen LogP contribution in [0.5, 0.6) is 0 Å². The number of esters is 2. The Hall–Kier alpha value is -1.67. The topological polar surface area (TPSA) is 100 Å². The Labute approximate surface area is 302 Å². The molecule has 8 heteroatoms. The minimum atomic E-state index is -0.584. The number of rotatable bonds is 39. The van der Waals surface area contributed by atoms with Gasteiger partial charge < -0.3 is 24.3 Å². The van der Waals surface area contributed by atoms with Crippen LogP contribution < -0.4 is 5.32 Å². The van der Waals surface area contributed by atoms with Crippen LogP contribution in [0.1, 0.15) is 200 Å². The Morgan fingerprint density at radius 2 is 0.939 bits per heavy atom. The van der Waals surface area contributed by atoms with E-state index >= 15 is 0 Å². The van der Waals surface area contributed by atoms with Crippen molar-refractivity contribution >= 4 is 17.8 Å². The first-order valence-corrected chi connectivity index (χ1v) is 20.7. The van der Waals surface area contributed by atoms with Crippen molar-refractivity contribution in [3.8, 4) is 0 Å². The van der Waals surface area contributed by atoms with Crippen molar-refractivity contribution in [3.63, 3.8) is 0 Å². The Balaban J connectivity index is 4.20. The monoisotopic (exact) mass is 698 g/mol. The molecule has 0 heterocycles. The Morgan fingerprint density at radius 3 is 1.37 bits per heavy atom. The summed E-state index contributed by atoms with van der Waals surface area (Å²) in [5.41, 5.74) is 0. The first-order chi connectivity index (χ1) is 24.0. The van der Waals surface area contributed by atoms with Gasteiger partial charge in [-0.25, -0.2) is 0 Å². The van der Waals surface area contributed by atoms with Crippen LogP contribution >= 0.6 is 0 Å². The molecule has 1 amide bonds. The molecule has 0 aliphatic heterocycles. The van der Waals surface area contributed by atoms with Crippen molar-refractivity contribution in [3.05, 3.63) is 0 Å². The molecule has 0 saturated heterocycles. The minimum Gasteiger partial charge on any atom is -0.462 e. The number of carbonyl (C=O) groups is 3. The Bertz CT molecular complexity index is 733. The first-order valence-electron chi connectivity index (χ1n) is 20.7. The molecule has 0 spiro atoms. The van der Waals surface area contributed by atoms with E-state index in [0.717, 1.165) is 38.5 Å². The molecule has 1 unspecified atom stereocenters. The molecular weight excluding hydrogens is 618 g/mol. The van der Waals surface area contributed by atoms with E-state index in [9.17, 15) is 14.4 Å². The summed E-state index contributed by atoms with van der Waals surface area (Å²) in [6, 6.07) is 0. The van der Waals surface area contributed by atoms with E-state index in [1.807, 2.05) is 0 Å². The second kappa shape index (κ2) is 39.1. The van der Waals surface area contributed by atoms with E-state index < -0.39 is 6.10 Å². The van der Waals surface area contributed by atoms with E-state index in [-0.39, 0.29) is 31.1 Å². The van der Waals surface area contributed by atoms with Crippen molar-refractivity contribution in [1.29, 1.82) is 0 Å². The van der Waals surface area contributed by atoms with Crippen molar-refractivity contribution in [2.24, 2.45) is 0 Å². The fourth-order valence-corrected chi connectivity index (χ4v) is 5.98. The maximum atomic E-state index is 12.6. The van der Waals surface area contributed by atoms with Crippen LogP contribution in [-0.4, -0.2) is 64.0 Å². The van der Waals surface area contributed by atoms with Gasteiger partial charge in [0.25, 0.3) is 0 Å². The summed E-state index contributed by atoms with van der Waals surface area (Å²) in [7, 11) is 1.58. The summed E-state index contributed by atoms with van der Waals surface area (Å²) in [4.78, 5) is 37.1. The maximum Gasteiger partial charge on any atom is 0.306 e. The van der Waals surface area contributed by atoms with Crippen molar-refractivity contribution in [1.82, 2.24) is 5.32 Å². The molecule has 0 aromatic rings. The number of hydrogen-bond acceptors (Lipinski definition) is 7. The molecule has 0 aliphatic carbocycles. The third-order valence-electron chi connectivity index (χ3n) is 9.15. The molecule has 49 heavy (non-hydrogen) atoms. The lowest BCUT2D eigenvalue weighted by molar-refractivity contribution is -0.159. The second-order valence-electron chi connectivity index (χ2n) is 14.0. The number of amides is 1. The van der Waals surface area contributed by atoms with Gasteiger partial charge >= 0.3 is 11.9 Å². The van der Waals surface area contributed by atoms with Crippen LogP contribution in [0.2, 0.25) is 0 Å². The molecule has 0 aromatic heterocycles. The molecular formula is C41H79NO7. The van der Waals surface area contributed by atoms with E-state index in [1.165, 1.54) is 128 Å². The summed E-state index contributed by atoms with van der Waals surface area (Å²) in [6.07, 6.45) is 33.1. The van der Waals surface area contributed by atoms with Gasteiger partial charge in [-0.15, -0.1) is 0 Å². The number of carbonyl (C=O) groups excluding carboxylic acids is 3. The zero-order valence-electron chi connectivity index (χ0n) is 32.5. The fourth-order valence-electron chi connectivity index (χ4n) is 5.98. The van der Waals surface area contributed by atoms with Crippen LogP contribution in [0.4, 0.5) is 0 Å². The standard InChI is InChI=1S/C41H79NO7/c1-4-6-8-10-12-14-16-18-20-22-24-26-28-30-40(44)48-36-38(32-33-42-39(43)37-47-35-34-46-3)49-41(45)31-29-27-25-23-21-19-17-15-13-11-9-7-5-2/h38H,4-37H2,1-3H3,(H,42,43). The summed E-state index contributed by atoms with van der Waals surface area (Å²) < 4.78 is 21.4. The minimum absolute atomic E-state index is 0.0157. The summed E-state index contributed by atoms with van der Waals surface area (Å²) >= 11 is 0. The third-order valence-corrected chi connectivity index (χ3v) is 9.15. The highest BCUT2D eigenvalue weighted by Crippen LogP contribution is 2.15. The fraction of sp³-hybridized carbons (Fsp3) is 0.927. The van der Waals surface area contributed by atoms with Crippen LogP contribution in [-0.2, 0) is 33.3 Å². The summed E-state index contributed by atoms with van der Waals surface area (Å²) in [5, 5.41) is 2.79. The first kappa shape index (κ1) is 47.3. The molecule has 0 rings (SSSR count). The van der Waals surface area contributed by atoms with E-state index in [2.05, 4.69) is 19.2 Å². The van der Waals surface area contributed by atoms with Gasteiger partial charge in [-0.05, 0) is 12.8 Å². The van der Waals surface area contributed by atoms with Crippen LogP contribution in [0.3, 0.4) is 0 Å². The zero-order chi connectivity index (χ0) is 35.9. The van der Waals surface area contributed by atoms with E-state index in [4.69, 9.17) is 18.9 Å². The predicted molar refractivity (Wildman–Crippen MR) is 202 cm³/mol. The van der Waals surface area contributed by atoms with Crippen LogP contribution in [0.15, 0.2) is 0 Å². The van der Waals surface area contributed by atoms with Gasteiger partial charge in [0.05, 0.1) is 13.2 Å². The van der Waals surface area contributed by atoms with Gasteiger partial charge in [0.15, 0.2) is 0 Å². The number of methoxy groups -OCH3 is 1. The van der Waals surface area contributed by atoms with Crippen LogP contribution in [0, 0.1) is 0 Å². The molecule has 0 saturated carbocycles. The highest BCUT2D eigenvalue weighted by molar-refractivity contribution is 5.77. The molecule has 8 nitrogen and oxygen atoms in total. The van der Waals surface area contributed by atoms with Gasteiger partial charge in [-0.3, -0.25) is 14.4 Å². The molecule has 0 fully saturated rings. The summed E-state index contributed by atoms with van der Waals surface area (Å²) in [5.74, 6) is -0.765. The number of hydrogen-bond donors (Lipinski definition) is 1. The molecule has 290 valence electrons. The van der Waals surface area contributed by atoms with Crippen molar-refractivity contribution < 1.29 is 33.3 Å². The zero-order valence-corrected chi connectivity index (χ0v) is 32.5. The van der Waals surface area contributed by atoms with Gasteiger partial charge in [0.2, 0.25) is 5.91 Å². The highest BCUT2D eigenvalue weighted by Gasteiger charge is 2.17. The number of unbranched alkanes of at least 4 members (excludes halogenated alkanes) is 24. The second-order valence-corrected chi connectivity index (χ2v) is 14.0. The molecule has 0 radical (unpaired) electrons. The molecule has 1 N–H and O–H groups in total. The van der Waals surface area contributed by atoms with Gasteiger partial charge in [-0.2, -0.15) is 0 Å². The van der Waals surface area contributed by atoms with Gasteiger partial charge in [-0.1, -0.05) is 168 Å². The van der Waals surface area contributed by atoms with Crippen molar-refractivity contribution in [2.75, 3.05) is 40.1 Å². The SMILES string of the molecule is CCCCCCCCCCCCCCCC(=O)OCC(CCNC(=O)COCCOC)OC(=O)CCCCCCCCCCCCCCC.